The fourth-order valence-corrected chi connectivity index (χ4v) is 3.14. The second kappa shape index (κ2) is 5.38. The minimum atomic E-state index is -0.398. The molecular weight excluding hydrogens is 252 g/mol. The summed E-state index contributed by atoms with van der Waals surface area (Å²) in [6.45, 7) is 10.8. The molecule has 20 heavy (non-hydrogen) atoms. The van der Waals surface area contributed by atoms with E-state index in [0.29, 0.717) is 5.92 Å². The van der Waals surface area contributed by atoms with E-state index in [9.17, 15) is 9.59 Å². The van der Waals surface area contributed by atoms with E-state index in [-0.39, 0.29) is 29.2 Å². The Balaban J connectivity index is 2.23. The predicted octanol–water partition coefficient (Wildman–Crippen LogP) is 2.18. The van der Waals surface area contributed by atoms with Crippen LogP contribution in [0.25, 0.3) is 0 Å². The molecule has 0 aromatic heterocycles. The van der Waals surface area contributed by atoms with E-state index < -0.39 is 6.04 Å². The van der Waals surface area contributed by atoms with Crippen LogP contribution in [0.2, 0.25) is 0 Å². The van der Waals surface area contributed by atoms with Crippen molar-refractivity contribution in [2.24, 2.45) is 17.3 Å². The van der Waals surface area contributed by atoms with Gasteiger partial charge in [-0.3, -0.25) is 9.59 Å². The first-order valence-electron chi connectivity index (χ1n) is 7.82. The normalized spacial score (nSPS) is 28.6. The number of carbonyl (C=O) groups excluding carboxylic acids is 2. The van der Waals surface area contributed by atoms with Crippen molar-refractivity contribution in [3.63, 3.8) is 0 Å². The quantitative estimate of drug-likeness (QED) is 0.861. The van der Waals surface area contributed by atoms with Gasteiger partial charge in [-0.1, -0.05) is 41.0 Å². The summed E-state index contributed by atoms with van der Waals surface area (Å²) < 4.78 is 0. The molecule has 1 N–H and O–H groups in total. The van der Waals surface area contributed by atoms with E-state index in [1.807, 2.05) is 39.5 Å². The number of amides is 2. The number of carbonyl (C=O) groups is 2. The molecule has 1 heterocycles. The predicted molar refractivity (Wildman–Crippen MR) is 79.1 cm³/mol. The highest BCUT2D eigenvalue weighted by molar-refractivity contribution is 5.97. The van der Waals surface area contributed by atoms with Gasteiger partial charge in [-0.15, -0.1) is 0 Å². The number of rotatable bonds is 3. The third-order valence-corrected chi connectivity index (χ3v) is 4.60. The van der Waals surface area contributed by atoms with Crippen LogP contribution >= 0.6 is 0 Å². The van der Waals surface area contributed by atoms with Crippen LogP contribution in [0, 0.1) is 17.3 Å². The van der Waals surface area contributed by atoms with E-state index in [4.69, 9.17) is 0 Å². The van der Waals surface area contributed by atoms with Crippen LogP contribution in [-0.2, 0) is 9.59 Å². The molecule has 1 saturated carbocycles. The Morgan fingerprint density at radius 3 is 2.25 bits per heavy atom. The smallest absolute Gasteiger partial charge is 0.246 e. The SMILES string of the molecule is CC(C)C1C(=O)NC(C(C)(C)C)C(=O)N1CC1CCC1. The van der Waals surface area contributed by atoms with Crippen molar-refractivity contribution in [2.45, 2.75) is 66.0 Å². The van der Waals surface area contributed by atoms with Gasteiger partial charge in [0.05, 0.1) is 0 Å². The molecule has 2 rings (SSSR count). The number of piperazine rings is 1. The molecule has 2 aliphatic rings. The molecule has 1 saturated heterocycles. The number of nitrogens with zero attached hydrogens (tertiary/aromatic N) is 1. The first-order valence-corrected chi connectivity index (χ1v) is 7.82. The Morgan fingerprint density at radius 2 is 1.85 bits per heavy atom. The van der Waals surface area contributed by atoms with Gasteiger partial charge in [-0.05, 0) is 30.1 Å². The van der Waals surface area contributed by atoms with Gasteiger partial charge in [0.1, 0.15) is 12.1 Å². The first-order chi connectivity index (χ1) is 9.21. The minimum absolute atomic E-state index is 0.0128. The van der Waals surface area contributed by atoms with Crippen LogP contribution in [0.15, 0.2) is 0 Å². The van der Waals surface area contributed by atoms with E-state index >= 15 is 0 Å². The molecule has 0 spiro atoms. The lowest BCUT2D eigenvalue weighted by Crippen LogP contribution is -2.68. The van der Waals surface area contributed by atoms with Crippen molar-refractivity contribution in [3.05, 3.63) is 0 Å². The maximum atomic E-state index is 12.8. The zero-order valence-corrected chi connectivity index (χ0v) is 13.4. The molecule has 4 heteroatoms. The van der Waals surface area contributed by atoms with Crippen molar-refractivity contribution in [3.8, 4) is 0 Å². The Labute approximate surface area is 122 Å². The second-order valence-corrected chi connectivity index (χ2v) is 7.78. The van der Waals surface area contributed by atoms with Gasteiger partial charge >= 0.3 is 0 Å². The first kappa shape index (κ1) is 15.3. The van der Waals surface area contributed by atoms with Crippen molar-refractivity contribution in [1.82, 2.24) is 10.2 Å². The molecule has 4 nitrogen and oxygen atoms in total. The lowest BCUT2D eigenvalue weighted by Gasteiger charge is -2.46. The van der Waals surface area contributed by atoms with Gasteiger partial charge in [0.25, 0.3) is 0 Å². The van der Waals surface area contributed by atoms with Gasteiger partial charge in [0.15, 0.2) is 0 Å². The second-order valence-electron chi connectivity index (χ2n) is 7.78. The van der Waals surface area contributed by atoms with Gasteiger partial charge in [0.2, 0.25) is 11.8 Å². The Hall–Kier alpha value is -1.06. The summed E-state index contributed by atoms with van der Waals surface area (Å²) in [6, 6.07) is -0.702. The molecule has 0 aromatic rings. The molecule has 1 aliphatic heterocycles. The maximum Gasteiger partial charge on any atom is 0.246 e. The standard InChI is InChI=1S/C16H28N2O2/c1-10(2)12-14(19)17-13(16(3,4)5)15(20)18(12)9-11-7-6-8-11/h10-13H,6-9H2,1-5H3,(H,17,19). The minimum Gasteiger partial charge on any atom is -0.342 e. The van der Waals surface area contributed by atoms with E-state index in [1.54, 1.807) is 0 Å². The number of nitrogens with one attached hydrogen (secondary N) is 1. The molecule has 2 atom stereocenters. The van der Waals surface area contributed by atoms with Gasteiger partial charge in [0, 0.05) is 6.54 Å². The van der Waals surface area contributed by atoms with E-state index in [0.717, 1.165) is 6.54 Å². The van der Waals surface area contributed by atoms with Crippen LogP contribution in [0.4, 0.5) is 0 Å². The maximum absolute atomic E-state index is 12.8. The highest BCUT2D eigenvalue weighted by Crippen LogP contribution is 2.32. The molecule has 2 fully saturated rings. The van der Waals surface area contributed by atoms with Gasteiger partial charge in [-0.25, -0.2) is 0 Å². The fourth-order valence-electron chi connectivity index (χ4n) is 3.14. The van der Waals surface area contributed by atoms with Gasteiger partial charge < -0.3 is 10.2 Å². The molecule has 0 radical (unpaired) electrons. The number of hydrogen-bond donors (Lipinski definition) is 1. The molecule has 2 unspecified atom stereocenters. The van der Waals surface area contributed by atoms with Crippen molar-refractivity contribution in [1.29, 1.82) is 0 Å². The third-order valence-electron chi connectivity index (χ3n) is 4.60. The summed E-state index contributed by atoms with van der Waals surface area (Å²) in [5.74, 6) is 0.855. The third kappa shape index (κ3) is 2.84. The van der Waals surface area contributed by atoms with Crippen LogP contribution in [-0.4, -0.2) is 35.3 Å². The lowest BCUT2D eigenvalue weighted by atomic mass is 9.80. The summed E-state index contributed by atoms with van der Waals surface area (Å²) in [5, 5.41) is 2.95. The van der Waals surface area contributed by atoms with Crippen LogP contribution < -0.4 is 5.32 Å². The fraction of sp³-hybridized carbons (Fsp3) is 0.875. The summed E-state index contributed by atoms with van der Waals surface area (Å²) in [6.07, 6.45) is 3.64. The molecule has 114 valence electrons. The van der Waals surface area contributed by atoms with E-state index in [2.05, 4.69) is 5.32 Å². The largest absolute Gasteiger partial charge is 0.342 e. The van der Waals surface area contributed by atoms with Crippen molar-refractivity contribution >= 4 is 11.8 Å². The summed E-state index contributed by atoms with van der Waals surface area (Å²) >= 11 is 0. The van der Waals surface area contributed by atoms with Gasteiger partial charge in [-0.2, -0.15) is 0 Å². The average molecular weight is 280 g/mol. The topological polar surface area (TPSA) is 49.4 Å². The monoisotopic (exact) mass is 280 g/mol. The van der Waals surface area contributed by atoms with E-state index in [1.165, 1.54) is 19.3 Å². The Bertz CT molecular complexity index is 394. The molecule has 2 amide bonds. The summed E-state index contributed by atoms with van der Waals surface area (Å²) in [7, 11) is 0. The Morgan fingerprint density at radius 1 is 1.25 bits per heavy atom. The van der Waals surface area contributed by atoms with Crippen LogP contribution in [0.1, 0.15) is 53.9 Å². The molecular formula is C16H28N2O2. The zero-order valence-electron chi connectivity index (χ0n) is 13.4. The average Bonchev–Trinajstić information content (AvgIpc) is 2.24. The van der Waals surface area contributed by atoms with Crippen LogP contribution in [0.5, 0.6) is 0 Å². The number of hydrogen-bond acceptors (Lipinski definition) is 2. The molecule has 0 aromatic carbocycles. The highest BCUT2D eigenvalue weighted by Gasteiger charge is 2.46. The van der Waals surface area contributed by atoms with Crippen molar-refractivity contribution in [2.75, 3.05) is 6.54 Å². The Kier molecular flexibility index (Phi) is 4.12. The van der Waals surface area contributed by atoms with Crippen LogP contribution in [0.3, 0.4) is 0 Å². The molecule has 1 aliphatic carbocycles. The van der Waals surface area contributed by atoms with Crippen molar-refractivity contribution < 1.29 is 9.59 Å². The summed E-state index contributed by atoms with van der Waals surface area (Å²) in [5.41, 5.74) is -0.243. The molecule has 0 bridgehead atoms. The summed E-state index contributed by atoms with van der Waals surface area (Å²) in [4.78, 5) is 27.1. The highest BCUT2D eigenvalue weighted by atomic mass is 16.2. The zero-order chi connectivity index (χ0) is 15.1. The lowest BCUT2D eigenvalue weighted by molar-refractivity contribution is -0.155.